The maximum absolute atomic E-state index is 10.6. The third kappa shape index (κ3) is 2.87. The lowest BCUT2D eigenvalue weighted by atomic mass is 9.96. The molecule has 21 heavy (non-hydrogen) atoms. The van der Waals surface area contributed by atoms with Crippen molar-refractivity contribution in [2.75, 3.05) is 0 Å². The van der Waals surface area contributed by atoms with Crippen LogP contribution in [0.25, 0.3) is 11.1 Å². The van der Waals surface area contributed by atoms with E-state index in [1.165, 1.54) is 5.56 Å². The lowest BCUT2D eigenvalue weighted by molar-refractivity contribution is 0.221. The third-order valence-electron chi connectivity index (χ3n) is 3.62. The van der Waals surface area contributed by atoms with E-state index in [4.69, 9.17) is 11.6 Å². The zero-order chi connectivity index (χ0) is 14.8. The van der Waals surface area contributed by atoms with E-state index < -0.39 is 6.10 Å². The summed E-state index contributed by atoms with van der Waals surface area (Å²) in [7, 11) is 0. The number of H-pyrrole nitrogens is 1. The molecule has 3 aromatic rings. The highest BCUT2D eigenvalue weighted by Gasteiger charge is 2.16. The summed E-state index contributed by atoms with van der Waals surface area (Å²) in [6, 6.07) is 15.5. The van der Waals surface area contributed by atoms with Gasteiger partial charge < -0.3 is 10.1 Å². The SMILES string of the molecule is Cc1ccc([C@@H](O)c2c[nH]cc2-c2ccc(Cl)cc2)cc1. The Morgan fingerprint density at radius 1 is 0.952 bits per heavy atom. The smallest absolute Gasteiger partial charge is 0.106 e. The minimum Gasteiger partial charge on any atom is -0.384 e. The molecular formula is C18H16ClNO. The van der Waals surface area contributed by atoms with Crippen LogP contribution < -0.4 is 0 Å². The van der Waals surface area contributed by atoms with Gasteiger partial charge in [0.2, 0.25) is 0 Å². The van der Waals surface area contributed by atoms with Crippen LogP contribution in [0.1, 0.15) is 22.8 Å². The molecule has 3 heteroatoms. The van der Waals surface area contributed by atoms with Gasteiger partial charge in [-0.1, -0.05) is 53.6 Å². The summed E-state index contributed by atoms with van der Waals surface area (Å²) < 4.78 is 0. The normalized spacial score (nSPS) is 12.3. The largest absolute Gasteiger partial charge is 0.384 e. The minimum absolute atomic E-state index is 0.650. The summed E-state index contributed by atoms with van der Waals surface area (Å²) in [5.74, 6) is 0. The number of hydrogen-bond donors (Lipinski definition) is 2. The van der Waals surface area contributed by atoms with Crippen LogP contribution >= 0.6 is 11.6 Å². The van der Waals surface area contributed by atoms with E-state index in [1.807, 2.05) is 67.8 Å². The maximum Gasteiger partial charge on any atom is 0.106 e. The van der Waals surface area contributed by atoms with Crippen molar-refractivity contribution in [3.63, 3.8) is 0 Å². The average Bonchev–Trinajstić information content (AvgIpc) is 2.97. The Hall–Kier alpha value is -2.03. The fourth-order valence-electron chi connectivity index (χ4n) is 2.41. The van der Waals surface area contributed by atoms with Crippen molar-refractivity contribution in [2.45, 2.75) is 13.0 Å². The maximum atomic E-state index is 10.6. The van der Waals surface area contributed by atoms with Gasteiger partial charge in [-0.25, -0.2) is 0 Å². The zero-order valence-corrected chi connectivity index (χ0v) is 12.4. The van der Waals surface area contributed by atoms with Crippen molar-refractivity contribution in [3.8, 4) is 11.1 Å². The molecule has 0 saturated heterocycles. The summed E-state index contributed by atoms with van der Waals surface area (Å²) in [5, 5.41) is 11.3. The summed E-state index contributed by atoms with van der Waals surface area (Å²) >= 11 is 5.93. The van der Waals surface area contributed by atoms with Gasteiger partial charge >= 0.3 is 0 Å². The Morgan fingerprint density at radius 3 is 2.29 bits per heavy atom. The quantitative estimate of drug-likeness (QED) is 0.720. The van der Waals surface area contributed by atoms with E-state index >= 15 is 0 Å². The highest BCUT2D eigenvalue weighted by molar-refractivity contribution is 6.30. The number of benzene rings is 2. The van der Waals surface area contributed by atoms with Gasteiger partial charge in [0.1, 0.15) is 6.10 Å². The van der Waals surface area contributed by atoms with Crippen molar-refractivity contribution >= 4 is 11.6 Å². The van der Waals surface area contributed by atoms with Crippen LogP contribution in [0.3, 0.4) is 0 Å². The molecule has 2 nitrogen and oxygen atoms in total. The van der Waals surface area contributed by atoms with Crippen LogP contribution in [0, 0.1) is 6.92 Å². The summed E-state index contributed by atoms with van der Waals surface area (Å²) in [4.78, 5) is 3.08. The average molecular weight is 298 g/mol. The second-order valence-corrected chi connectivity index (χ2v) is 5.58. The van der Waals surface area contributed by atoms with Gasteiger partial charge in [0.25, 0.3) is 0 Å². The van der Waals surface area contributed by atoms with E-state index in [0.717, 1.165) is 22.3 Å². The predicted molar refractivity (Wildman–Crippen MR) is 86.5 cm³/mol. The topological polar surface area (TPSA) is 36.0 Å². The molecule has 106 valence electrons. The summed E-state index contributed by atoms with van der Waals surface area (Å²) in [6.07, 6.45) is 3.09. The van der Waals surface area contributed by atoms with E-state index in [9.17, 15) is 5.11 Å². The molecular weight excluding hydrogens is 282 g/mol. The van der Waals surface area contributed by atoms with Gasteiger partial charge in [-0.3, -0.25) is 0 Å². The molecule has 0 aliphatic heterocycles. The Labute approximate surface area is 129 Å². The van der Waals surface area contributed by atoms with E-state index in [-0.39, 0.29) is 0 Å². The van der Waals surface area contributed by atoms with E-state index in [2.05, 4.69) is 4.98 Å². The van der Waals surface area contributed by atoms with Gasteiger partial charge in [-0.05, 0) is 30.2 Å². The summed E-state index contributed by atoms with van der Waals surface area (Å²) in [5.41, 5.74) is 4.94. The molecule has 0 unspecified atom stereocenters. The fraction of sp³-hybridized carbons (Fsp3) is 0.111. The van der Waals surface area contributed by atoms with Gasteiger partial charge in [0.05, 0.1) is 0 Å². The number of nitrogens with one attached hydrogen (secondary N) is 1. The Balaban J connectivity index is 1.98. The lowest BCUT2D eigenvalue weighted by Gasteiger charge is -2.13. The standard InChI is InChI=1S/C18H16ClNO/c1-12-2-4-14(5-3-12)18(21)17-11-20-10-16(17)13-6-8-15(19)9-7-13/h2-11,18,20-21H,1H3/t18-/m1/s1. The van der Waals surface area contributed by atoms with Crippen LogP contribution in [0.15, 0.2) is 60.9 Å². The molecule has 0 bridgehead atoms. The van der Waals surface area contributed by atoms with Crippen LogP contribution in [-0.2, 0) is 0 Å². The van der Waals surface area contributed by atoms with E-state index in [0.29, 0.717) is 5.02 Å². The Kier molecular flexibility index (Phi) is 3.82. The first-order chi connectivity index (χ1) is 10.1. The van der Waals surface area contributed by atoms with Crippen LogP contribution in [0.2, 0.25) is 5.02 Å². The van der Waals surface area contributed by atoms with E-state index in [1.54, 1.807) is 0 Å². The summed E-state index contributed by atoms with van der Waals surface area (Å²) in [6.45, 7) is 2.03. The molecule has 0 spiro atoms. The molecule has 0 saturated carbocycles. The number of aryl methyl sites for hydroxylation is 1. The molecule has 1 aromatic heterocycles. The first kappa shape index (κ1) is 13.9. The van der Waals surface area contributed by atoms with Crippen molar-refractivity contribution in [1.29, 1.82) is 0 Å². The number of hydrogen-bond acceptors (Lipinski definition) is 1. The molecule has 0 aliphatic carbocycles. The molecule has 0 fully saturated rings. The molecule has 3 rings (SSSR count). The fourth-order valence-corrected chi connectivity index (χ4v) is 2.54. The first-order valence-corrected chi connectivity index (χ1v) is 7.20. The van der Waals surface area contributed by atoms with Crippen LogP contribution in [0.4, 0.5) is 0 Å². The van der Waals surface area contributed by atoms with Crippen molar-refractivity contribution in [3.05, 3.63) is 82.6 Å². The Morgan fingerprint density at radius 2 is 1.62 bits per heavy atom. The first-order valence-electron chi connectivity index (χ1n) is 6.82. The molecule has 2 aromatic carbocycles. The second kappa shape index (κ2) is 5.76. The van der Waals surface area contributed by atoms with Gasteiger partial charge in [0, 0.05) is 28.5 Å². The number of aromatic amines is 1. The van der Waals surface area contributed by atoms with Crippen LogP contribution in [-0.4, -0.2) is 10.1 Å². The van der Waals surface area contributed by atoms with Crippen molar-refractivity contribution < 1.29 is 5.11 Å². The van der Waals surface area contributed by atoms with Gasteiger partial charge in [0.15, 0.2) is 0 Å². The number of aromatic nitrogens is 1. The predicted octanol–water partition coefficient (Wildman–Crippen LogP) is 4.73. The third-order valence-corrected chi connectivity index (χ3v) is 3.87. The zero-order valence-electron chi connectivity index (χ0n) is 11.7. The lowest BCUT2D eigenvalue weighted by Crippen LogP contribution is -1.99. The van der Waals surface area contributed by atoms with Gasteiger partial charge in [-0.15, -0.1) is 0 Å². The molecule has 0 radical (unpaired) electrons. The molecule has 1 heterocycles. The number of aliphatic hydroxyl groups excluding tert-OH is 1. The number of aliphatic hydroxyl groups is 1. The highest BCUT2D eigenvalue weighted by atomic mass is 35.5. The second-order valence-electron chi connectivity index (χ2n) is 5.14. The molecule has 1 atom stereocenters. The monoisotopic (exact) mass is 297 g/mol. The molecule has 2 N–H and O–H groups in total. The van der Waals surface area contributed by atoms with Crippen molar-refractivity contribution in [2.24, 2.45) is 0 Å². The molecule has 0 aliphatic rings. The van der Waals surface area contributed by atoms with Crippen LogP contribution in [0.5, 0.6) is 0 Å². The minimum atomic E-state index is -0.650. The highest BCUT2D eigenvalue weighted by Crippen LogP contribution is 2.32. The van der Waals surface area contributed by atoms with Crippen molar-refractivity contribution in [1.82, 2.24) is 4.98 Å². The molecule has 0 amide bonds. The number of rotatable bonds is 3. The van der Waals surface area contributed by atoms with Gasteiger partial charge in [-0.2, -0.15) is 0 Å². The Bertz CT molecular complexity index is 729. The number of halogens is 1.